The molecule has 1 aliphatic rings. The van der Waals surface area contributed by atoms with Crippen LogP contribution in [0.4, 0.5) is 4.79 Å². The first kappa shape index (κ1) is 19.7. The van der Waals surface area contributed by atoms with Crippen LogP contribution < -0.4 is 0 Å². The van der Waals surface area contributed by atoms with E-state index in [1.807, 2.05) is 13.8 Å². The lowest BCUT2D eigenvalue weighted by Crippen LogP contribution is -2.57. The van der Waals surface area contributed by atoms with Gasteiger partial charge in [0.05, 0.1) is 6.61 Å². The maximum absolute atomic E-state index is 12.0. The molecule has 0 amide bonds. The number of aliphatic hydroxyl groups is 4. The summed E-state index contributed by atoms with van der Waals surface area (Å²) < 4.78 is 10.6. The van der Waals surface area contributed by atoms with Gasteiger partial charge in [0.15, 0.2) is 0 Å². The molecule has 0 radical (unpaired) electrons. The molecule has 0 aromatic carbocycles. The molecule has 0 bridgehead atoms. The van der Waals surface area contributed by atoms with Crippen LogP contribution in [0, 0.1) is 5.92 Å². The van der Waals surface area contributed by atoms with E-state index >= 15 is 0 Å². The summed E-state index contributed by atoms with van der Waals surface area (Å²) in [6, 6.07) is 0. The van der Waals surface area contributed by atoms with E-state index in [0.29, 0.717) is 24.1 Å². The number of hydrogen-bond donors (Lipinski definition) is 4. The largest absolute Gasteiger partial charge is 0.451 e. The highest BCUT2D eigenvalue weighted by Crippen LogP contribution is 2.31. The van der Waals surface area contributed by atoms with Crippen LogP contribution >= 0.6 is 11.8 Å². The summed E-state index contributed by atoms with van der Waals surface area (Å²) in [4.78, 5) is 12.0. The highest BCUT2D eigenvalue weighted by atomic mass is 32.2. The lowest BCUT2D eigenvalue weighted by atomic mass is 9.96. The van der Waals surface area contributed by atoms with Crippen molar-refractivity contribution in [2.45, 2.75) is 69.6 Å². The molecule has 4 N–H and O–H groups in total. The van der Waals surface area contributed by atoms with Crippen LogP contribution in [0.2, 0.25) is 0 Å². The van der Waals surface area contributed by atoms with Gasteiger partial charge in [-0.1, -0.05) is 13.8 Å². The van der Waals surface area contributed by atoms with Gasteiger partial charge in [0.2, 0.25) is 0 Å². The SMILES string of the molecule is CC(C)CC(C)(C)OC(=O)SC1O[C@H](CO)[C@H](O)[C@H](O)[C@H]1O. The summed E-state index contributed by atoms with van der Waals surface area (Å²) >= 11 is 0.592. The number of hydrogen-bond acceptors (Lipinski definition) is 8. The Morgan fingerprint density at radius 3 is 2.32 bits per heavy atom. The first-order valence-corrected chi connectivity index (χ1v) is 8.15. The van der Waals surface area contributed by atoms with E-state index in [9.17, 15) is 20.1 Å². The third-order valence-corrected chi connectivity index (χ3v) is 4.22. The van der Waals surface area contributed by atoms with Crippen LogP contribution in [0.25, 0.3) is 0 Å². The van der Waals surface area contributed by atoms with Crippen molar-refractivity contribution in [3.05, 3.63) is 0 Å². The molecule has 130 valence electrons. The lowest BCUT2D eigenvalue weighted by Gasteiger charge is -2.39. The van der Waals surface area contributed by atoms with Gasteiger partial charge in [0.25, 0.3) is 0 Å². The number of ether oxygens (including phenoxy) is 2. The molecule has 1 fully saturated rings. The number of carbonyl (C=O) groups is 1. The van der Waals surface area contributed by atoms with Crippen molar-refractivity contribution in [1.29, 1.82) is 0 Å². The van der Waals surface area contributed by atoms with E-state index in [-0.39, 0.29) is 0 Å². The van der Waals surface area contributed by atoms with Gasteiger partial charge >= 0.3 is 5.30 Å². The molecule has 7 nitrogen and oxygen atoms in total. The van der Waals surface area contributed by atoms with Crippen LogP contribution in [0.3, 0.4) is 0 Å². The van der Waals surface area contributed by atoms with E-state index in [4.69, 9.17) is 14.6 Å². The molecule has 0 saturated carbocycles. The van der Waals surface area contributed by atoms with E-state index in [2.05, 4.69) is 0 Å². The zero-order valence-corrected chi connectivity index (χ0v) is 14.1. The molecule has 1 unspecified atom stereocenters. The Hall–Kier alpha value is -0.380. The van der Waals surface area contributed by atoms with Gasteiger partial charge < -0.3 is 29.9 Å². The minimum absolute atomic E-state index is 0.347. The number of aliphatic hydroxyl groups excluding tert-OH is 4. The van der Waals surface area contributed by atoms with Gasteiger partial charge in [0.1, 0.15) is 35.5 Å². The Bertz CT molecular complexity index is 372. The molecule has 5 atom stereocenters. The van der Waals surface area contributed by atoms with Crippen LogP contribution in [0.15, 0.2) is 0 Å². The lowest BCUT2D eigenvalue weighted by molar-refractivity contribution is -0.205. The van der Waals surface area contributed by atoms with E-state index in [0.717, 1.165) is 0 Å². The molecule has 0 aliphatic carbocycles. The summed E-state index contributed by atoms with van der Waals surface area (Å²) in [5, 5.41) is 37.7. The average Bonchev–Trinajstić information content (AvgIpc) is 2.37. The van der Waals surface area contributed by atoms with Gasteiger partial charge in [0, 0.05) is 0 Å². The molecule has 1 rings (SSSR count). The smallest absolute Gasteiger partial charge is 0.370 e. The molecule has 1 heterocycles. The summed E-state index contributed by atoms with van der Waals surface area (Å²) in [7, 11) is 0. The second kappa shape index (κ2) is 7.94. The highest BCUT2D eigenvalue weighted by Gasteiger charge is 2.45. The zero-order chi connectivity index (χ0) is 17.1. The molecule has 22 heavy (non-hydrogen) atoms. The summed E-state index contributed by atoms with van der Waals surface area (Å²) in [6.07, 6.45) is -4.75. The number of thioether (sulfide) groups is 1. The second-order valence-electron chi connectivity index (χ2n) is 6.52. The topological polar surface area (TPSA) is 116 Å². The van der Waals surface area contributed by atoms with Crippen molar-refractivity contribution in [2.24, 2.45) is 5.92 Å². The molecular formula is C14H26O7S. The molecule has 1 saturated heterocycles. The Morgan fingerprint density at radius 1 is 1.23 bits per heavy atom. The minimum atomic E-state index is -1.50. The van der Waals surface area contributed by atoms with Crippen molar-refractivity contribution in [3.8, 4) is 0 Å². The van der Waals surface area contributed by atoms with E-state index in [1.54, 1.807) is 13.8 Å². The summed E-state index contributed by atoms with van der Waals surface area (Å²) in [6.45, 7) is 7.08. The van der Waals surface area contributed by atoms with Crippen LogP contribution in [0.5, 0.6) is 0 Å². The van der Waals surface area contributed by atoms with Gasteiger partial charge in [-0.25, -0.2) is 4.79 Å². The second-order valence-corrected chi connectivity index (χ2v) is 7.56. The Kier molecular flexibility index (Phi) is 7.10. The fourth-order valence-corrected chi connectivity index (χ4v) is 3.50. The predicted molar refractivity (Wildman–Crippen MR) is 81.4 cm³/mol. The fourth-order valence-electron chi connectivity index (χ4n) is 2.53. The predicted octanol–water partition coefficient (Wildman–Crippen LogP) is 0.481. The molecule has 1 aliphatic heterocycles. The zero-order valence-electron chi connectivity index (χ0n) is 13.3. The fraction of sp³-hybridized carbons (Fsp3) is 0.929. The van der Waals surface area contributed by atoms with Crippen molar-refractivity contribution in [1.82, 2.24) is 0 Å². The van der Waals surface area contributed by atoms with Gasteiger partial charge in [-0.15, -0.1) is 0 Å². The van der Waals surface area contributed by atoms with Crippen molar-refractivity contribution >= 4 is 17.1 Å². The summed E-state index contributed by atoms with van der Waals surface area (Å²) in [5.41, 5.74) is -1.77. The van der Waals surface area contributed by atoms with Crippen molar-refractivity contribution < 1.29 is 34.7 Å². The van der Waals surface area contributed by atoms with Gasteiger partial charge in [-0.05, 0) is 37.9 Å². The Balaban J connectivity index is 2.63. The Morgan fingerprint density at radius 2 is 1.82 bits per heavy atom. The highest BCUT2D eigenvalue weighted by molar-refractivity contribution is 8.13. The maximum atomic E-state index is 12.0. The quantitative estimate of drug-likeness (QED) is 0.535. The molecular weight excluding hydrogens is 312 g/mol. The number of carbonyl (C=O) groups excluding carboxylic acids is 1. The average molecular weight is 338 g/mol. The third-order valence-electron chi connectivity index (χ3n) is 3.32. The summed E-state index contributed by atoms with van der Waals surface area (Å²) in [5.74, 6) is 0.347. The third kappa shape index (κ3) is 5.36. The standard InChI is InChI=1S/C14H26O7S/c1-7(2)5-14(3,4)21-13(19)22-12-11(18)10(17)9(16)8(6-15)20-12/h7-12,15-18H,5-6H2,1-4H3/t8-,9+,10+,11-,12?/m1/s1. The van der Waals surface area contributed by atoms with E-state index < -0.39 is 47.4 Å². The first-order valence-electron chi connectivity index (χ1n) is 7.27. The van der Waals surface area contributed by atoms with Gasteiger partial charge in [-0.2, -0.15) is 0 Å². The van der Waals surface area contributed by atoms with Crippen LogP contribution in [0.1, 0.15) is 34.1 Å². The van der Waals surface area contributed by atoms with Gasteiger partial charge in [-0.3, -0.25) is 0 Å². The molecule has 0 spiro atoms. The first-order chi connectivity index (χ1) is 10.1. The maximum Gasteiger partial charge on any atom is 0.370 e. The minimum Gasteiger partial charge on any atom is -0.451 e. The number of rotatable bonds is 5. The molecule has 0 aromatic heterocycles. The normalized spacial score (nSPS) is 33.0. The Labute approximate surface area is 134 Å². The van der Waals surface area contributed by atoms with Crippen molar-refractivity contribution in [3.63, 3.8) is 0 Å². The van der Waals surface area contributed by atoms with Crippen molar-refractivity contribution in [2.75, 3.05) is 6.61 Å². The van der Waals surface area contributed by atoms with E-state index in [1.165, 1.54) is 0 Å². The van der Waals surface area contributed by atoms with Crippen LogP contribution in [-0.4, -0.2) is 67.8 Å². The molecule has 0 aromatic rings. The monoisotopic (exact) mass is 338 g/mol. The molecule has 8 heteroatoms. The van der Waals surface area contributed by atoms with Crippen LogP contribution in [-0.2, 0) is 9.47 Å².